The van der Waals surface area contributed by atoms with Crippen LogP contribution in [0.2, 0.25) is 0 Å². The molecule has 1 atom stereocenters. The van der Waals surface area contributed by atoms with Crippen molar-refractivity contribution in [1.29, 1.82) is 0 Å². The zero-order chi connectivity index (χ0) is 29.2. The van der Waals surface area contributed by atoms with Crippen LogP contribution in [0.3, 0.4) is 0 Å². The van der Waals surface area contributed by atoms with Gasteiger partial charge in [0.05, 0.1) is 11.9 Å². The van der Waals surface area contributed by atoms with Crippen LogP contribution in [0, 0.1) is 17.8 Å². The highest BCUT2D eigenvalue weighted by Crippen LogP contribution is 2.60. The van der Waals surface area contributed by atoms with Crippen molar-refractivity contribution in [3.05, 3.63) is 65.7 Å². The predicted octanol–water partition coefficient (Wildman–Crippen LogP) is 4.91. The first-order valence-electron chi connectivity index (χ1n) is 15.3. The average Bonchev–Trinajstić information content (AvgIpc) is 2.94. The number of nitrogens with one attached hydrogen (secondary N) is 1. The van der Waals surface area contributed by atoms with Gasteiger partial charge < -0.3 is 10.2 Å². The fraction of sp³-hybridized carbons (Fsp3) is 0.576. The lowest BCUT2D eigenvalue weighted by molar-refractivity contribution is -0.138. The van der Waals surface area contributed by atoms with Gasteiger partial charge in [-0.2, -0.15) is 0 Å². The van der Waals surface area contributed by atoms with Crippen LogP contribution >= 0.6 is 0 Å². The Hall–Kier alpha value is -2.87. The van der Waals surface area contributed by atoms with Gasteiger partial charge in [0.1, 0.15) is 12.6 Å². The lowest BCUT2D eigenvalue weighted by Crippen LogP contribution is -2.52. The minimum atomic E-state index is -3.75. The van der Waals surface area contributed by atoms with Crippen LogP contribution in [0.4, 0.5) is 5.69 Å². The van der Waals surface area contributed by atoms with Gasteiger partial charge in [0.25, 0.3) is 0 Å². The van der Waals surface area contributed by atoms with Gasteiger partial charge >= 0.3 is 0 Å². The molecule has 1 unspecified atom stereocenters. The van der Waals surface area contributed by atoms with E-state index in [1.165, 1.54) is 53.3 Å². The summed E-state index contributed by atoms with van der Waals surface area (Å²) in [5.74, 6) is 1.84. The molecule has 4 aliphatic rings. The van der Waals surface area contributed by atoms with E-state index in [1.807, 2.05) is 49.4 Å². The predicted molar refractivity (Wildman–Crippen MR) is 163 cm³/mol. The highest BCUT2D eigenvalue weighted by atomic mass is 32.2. The Morgan fingerprint density at radius 3 is 2.07 bits per heavy atom. The van der Waals surface area contributed by atoms with Gasteiger partial charge in [-0.05, 0) is 105 Å². The van der Waals surface area contributed by atoms with Crippen molar-refractivity contribution in [1.82, 2.24) is 10.2 Å². The van der Waals surface area contributed by atoms with E-state index in [-0.39, 0.29) is 17.9 Å². The highest BCUT2D eigenvalue weighted by Gasteiger charge is 2.51. The van der Waals surface area contributed by atoms with Crippen molar-refractivity contribution >= 4 is 27.5 Å². The van der Waals surface area contributed by atoms with Gasteiger partial charge in [0, 0.05) is 13.1 Å². The zero-order valence-electron chi connectivity index (χ0n) is 24.7. The van der Waals surface area contributed by atoms with Gasteiger partial charge in [-0.15, -0.1) is 0 Å². The van der Waals surface area contributed by atoms with E-state index in [0.29, 0.717) is 25.2 Å². The monoisotopic (exact) mass is 579 g/mol. The third kappa shape index (κ3) is 6.63. The van der Waals surface area contributed by atoms with Crippen LogP contribution in [-0.4, -0.2) is 57.1 Å². The SMILES string of the molecule is CCCNC(=O)C(C)N(CCc1ccccc1)C(=O)CN(c1ccc(C23CC4CC(CC(C4)C2)C3)cc1)S(C)(=O)=O. The molecular formula is C33H45N3O4S. The molecule has 4 aliphatic carbocycles. The smallest absolute Gasteiger partial charge is 0.244 e. The summed E-state index contributed by atoms with van der Waals surface area (Å²) >= 11 is 0. The number of rotatable bonds is 12. The van der Waals surface area contributed by atoms with Gasteiger partial charge in [-0.25, -0.2) is 8.42 Å². The molecule has 0 saturated heterocycles. The van der Waals surface area contributed by atoms with Crippen molar-refractivity contribution < 1.29 is 18.0 Å². The van der Waals surface area contributed by atoms with Gasteiger partial charge in [0.2, 0.25) is 21.8 Å². The Bertz CT molecular complexity index is 1290. The topological polar surface area (TPSA) is 86.8 Å². The van der Waals surface area contributed by atoms with Crippen molar-refractivity contribution in [2.45, 2.75) is 76.7 Å². The molecule has 0 aliphatic heterocycles. The maximum Gasteiger partial charge on any atom is 0.244 e. The maximum absolute atomic E-state index is 13.8. The van der Waals surface area contributed by atoms with E-state index < -0.39 is 22.0 Å². The molecule has 4 fully saturated rings. The number of sulfonamides is 1. The summed E-state index contributed by atoms with van der Waals surface area (Å²) in [5, 5.41) is 2.88. The second-order valence-corrected chi connectivity index (χ2v) is 14.7. The van der Waals surface area contributed by atoms with E-state index in [0.717, 1.165) is 36.0 Å². The van der Waals surface area contributed by atoms with E-state index in [2.05, 4.69) is 17.4 Å². The Kier molecular flexibility index (Phi) is 8.78. The Morgan fingerprint density at radius 1 is 0.951 bits per heavy atom. The Morgan fingerprint density at radius 2 is 1.54 bits per heavy atom. The first-order chi connectivity index (χ1) is 19.6. The van der Waals surface area contributed by atoms with E-state index in [9.17, 15) is 18.0 Å². The standard InChI is InChI=1S/C33H45N3O4S/c1-4-15-34-32(38)24(2)35(16-14-25-8-6-5-7-9-25)31(37)23-36(41(3,39)40)30-12-10-29(11-13-30)33-20-26-17-27(21-33)19-28(18-26)22-33/h5-13,24,26-28H,4,14-23H2,1-3H3,(H,34,38). The molecule has 6 rings (SSSR count). The van der Waals surface area contributed by atoms with E-state index >= 15 is 0 Å². The van der Waals surface area contributed by atoms with Crippen LogP contribution in [0.1, 0.15) is 69.9 Å². The minimum absolute atomic E-state index is 0.217. The number of carbonyl (C=O) groups is 2. The van der Waals surface area contributed by atoms with Gasteiger partial charge in [0.15, 0.2) is 0 Å². The molecule has 4 bridgehead atoms. The number of benzene rings is 2. The molecule has 0 radical (unpaired) electrons. The summed E-state index contributed by atoms with van der Waals surface area (Å²) in [6.45, 7) is 4.16. The summed E-state index contributed by atoms with van der Waals surface area (Å²) in [4.78, 5) is 28.1. The van der Waals surface area contributed by atoms with Crippen LogP contribution in [-0.2, 0) is 31.4 Å². The molecule has 0 aromatic heterocycles. The average molecular weight is 580 g/mol. The summed E-state index contributed by atoms with van der Waals surface area (Å²) < 4.78 is 27.2. The normalized spacial score (nSPS) is 25.5. The molecule has 7 nitrogen and oxygen atoms in total. The molecule has 2 aromatic carbocycles. The molecule has 222 valence electrons. The van der Waals surface area contributed by atoms with E-state index in [4.69, 9.17) is 0 Å². The highest BCUT2D eigenvalue weighted by molar-refractivity contribution is 7.92. The Labute approximate surface area is 245 Å². The number of amides is 2. The van der Waals surface area contributed by atoms with Crippen LogP contribution in [0.5, 0.6) is 0 Å². The first-order valence-corrected chi connectivity index (χ1v) is 17.1. The van der Waals surface area contributed by atoms with Gasteiger partial charge in [-0.1, -0.05) is 49.4 Å². The lowest BCUT2D eigenvalue weighted by atomic mass is 9.48. The van der Waals surface area contributed by atoms with Crippen molar-refractivity contribution in [2.75, 3.05) is 30.2 Å². The molecule has 2 aromatic rings. The zero-order valence-corrected chi connectivity index (χ0v) is 25.5. The number of anilines is 1. The van der Waals surface area contributed by atoms with Gasteiger partial charge in [-0.3, -0.25) is 13.9 Å². The van der Waals surface area contributed by atoms with Crippen LogP contribution in [0.15, 0.2) is 54.6 Å². The fourth-order valence-electron chi connectivity index (χ4n) is 8.03. The van der Waals surface area contributed by atoms with E-state index in [1.54, 1.807) is 6.92 Å². The molecule has 0 heterocycles. The molecule has 2 amide bonds. The summed E-state index contributed by atoms with van der Waals surface area (Å²) in [5.41, 5.74) is 3.06. The summed E-state index contributed by atoms with van der Waals surface area (Å²) in [6.07, 6.45) is 10.3. The molecule has 1 N–H and O–H groups in total. The largest absolute Gasteiger partial charge is 0.354 e. The number of carbonyl (C=O) groups excluding carboxylic acids is 2. The second kappa shape index (κ2) is 12.2. The molecular weight excluding hydrogens is 534 g/mol. The fourth-order valence-corrected chi connectivity index (χ4v) is 8.87. The third-order valence-corrected chi connectivity index (χ3v) is 10.8. The molecule has 4 saturated carbocycles. The first kappa shape index (κ1) is 29.6. The summed E-state index contributed by atoms with van der Waals surface area (Å²) in [7, 11) is -3.75. The van der Waals surface area contributed by atoms with Crippen LogP contribution < -0.4 is 9.62 Å². The second-order valence-electron chi connectivity index (χ2n) is 12.8. The molecule has 0 spiro atoms. The number of nitrogens with zero attached hydrogens (tertiary/aromatic N) is 2. The molecule has 41 heavy (non-hydrogen) atoms. The third-order valence-electron chi connectivity index (χ3n) is 9.69. The minimum Gasteiger partial charge on any atom is -0.354 e. The van der Waals surface area contributed by atoms with Crippen molar-refractivity contribution in [3.63, 3.8) is 0 Å². The number of hydrogen-bond acceptors (Lipinski definition) is 4. The number of hydrogen-bond donors (Lipinski definition) is 1. The Balaban J connectivity index is 1.35. The van der Waals surface area contributed by atoms with Crippen molar-refractivity contribution in [2.24, 2.45) is 17.8 Å². The summed E-state index contributed by atoms with van der Waals surface area (Å²) in [6, 6.07) is 17.0. The maximum atomic E-state index is 13.8. The lowest BCUT2D eigenvalue weighted by Gasteiger charge is -2.57. The quantitative estimate of drug-likeness (QED) is 0.387. The molecule has 8 heteroatoms. The van der Waals surface area contributed by atoms with Crippen molar-refractivity contribution in [3.8, 4) is 0 Å². The van der Waals surface area contributed by atoms with Crippen LogP contribution in [0.25, 0.3) is 0 Å².